The molecule has 0 fully saturated rings. The summed E-state index contributed by atoms with van der Waals surface area (Å²) in [5.41, 5.74) is 7.98. The van der Waals surface area contributed by atoms with Gasteiger partial charge in [0, 0.05) is 5.56 Å². The van der Waals surface area contributed by atoms with Gasteiger partial charge in [0.15, 0.2) is 0 Å². The van der Waals surface area contributed by atoms with Gasteiger partial charge in [0.2, 0.25) is 0 Å². The molecule has 0 atom stereocenters. The highest BCUT2D eigenvalue weighted by atomic mass is 16.5. The maximum Gasteiger partial charge on any atom is 0.259 e. The fraction of sp³-hybridized carbons (Fsp3) is 0.273. The molecule has 0 aliphatic rings. The van der Waals surface area contributed by atoms with Gasteiger partial charge in [-0.05, 0) is 42.2 Å². The number of primary amides is 1. The second-order valence-electron chi connectivity index (χ2n) is 6.46. The number of carbonyl (C=O) groups is 1. The summed E-state index contributed by atoms with van der Waals surface area (Å²) in [5, 5.41) is 9.00. The van der Waals surface area contributed by atoms with Crippen molar-refractivity contribution in [1.29, 1.82) is 5.26 Å². The lowest BCUT2D eigenvalue weighted by Crippen LogP contribution is -2.13. The minimum atomic E-state index is -0.767. The number of ether oxygens (including phenoxy) is 2. The van der Waals surface area contributed by atoms with Gasteiger partial charge in [0.05, 0.1) is 0 Å². The first kappa shape index (κ1) is 20.1. The van der Waals surface area contributed by atoms with E-state index in [4.69, 9.17) is 20.5 Å². The highest BCUT2D eigenvalue weighted by molar-refractivity contribution is 6.00. The molecule has 2 aromatic carbocycles. The zero-order chi connectivity index (χ0) is 19.8. The number of para-hydroxylation sites is 1. The third-order valence-corrected chi connectivity index (χ3v) is 3.99. The molecule has 5 nitrogen and oxygen atoms in total. The van der Waals surface area contributed by atoms with Crippen LogP contribution in [-0.4, -0.2) is 19.1 Å². The van der Waals surface area contributed by atoms with E-state index < -0.39 is 5.91 Å². The van der Waals surface area contributed by atoms with Crippen molar-refractivity contribution >= 4 is 12.0 Å². The van der Waals surface area contributed by atoms with Gasteiger partial charge in [-0.1, -0.05) is 44.2 Å². The van der Waals surface area contributed by atoms with Gasteiger partial charge in [-0.25, -0.2) is 0 Å². The Balaban J connectivity index is 2.04. The monoisotopic (exact) mass is 364 g/mol. The molecule has 1 amide bonds. The zero-order valence-electron chi connectivity index (χ0n) is 15.9. The molecule has 0 saturated heterocycles. The molecule has 0 unspecified atom stereocenters. The second-order valence-corrected chi connectivity index (χ2v) is 6.46. The Morgan fingerprint density at radius 3 is 2.44 bits per heavy atom. The van der Waals surface area contributed by atoms with Crippen LogP contribution in [-0.2, 0) is 4.79 Å². The van der Waals surface area contributed by atoms with E-state index in [0.717, 1.165) is 16.9 Å². The van der Waals surface area contributed by atoms with Crippen molar-refractivity contribution in [2.45, 2.75) is 26.7 Å². The topological polar surface area (TPSA) is 85.3 Å². The van der Waals surface area contributed by atoms with Crippen LogP contribution in [0.15, 0.2) is 48.0 Å². The number of rotatable bonds is 8. The van der Waals surface area contributed by atoms with Crippen molar-refractivity contribution < 1.29 is 14.3 Å². The first-order chi connectivity index (χ1) is 12.9. The van der Waals surface area contributed by atoms with Gasteiger partial charge in [-0.15, -0.1) is 0 Å². The molecule has 140 valence electrons. The van der Waals surface area contributed by atoms with Crippen LogP contribution in [0.2, 0.25) is 0 Å². The molecule has 0 bridgehead atoms. The van der Waals surface area contributed by atoms with Crippen LogP contribution >= 0.6 is 0 Å². The van der Waals surface area contributed by atoms with Crippen molar-refractivity contribution in [3.63, 3.8) is 0 Å². The Kier molecular flexibility index (Phi) is 7.01. The molecule has 0 aliphatic carbocycles. The number of nitriles is 1. The predicted molar refractivity (Wildman–Crippen MR) is 105 cm³/mol. The molecule has 5 heteroatoms. The lowest BCUT2D eigenvalue weighted by atomic mass is 10.0. The summed E-state index contributed by atoms with van der Waals surface area (Å²) in [6.45, 7) is 6.99. The third-order valence-electron chi connectivity index (χ3n) is 3.99. The third kappa shape index (κ3) is 5.61. The molecular formula is C22H24N2O3. The lowest BCUT2D eigenvalue weighted by molar-refractivity contribution is -0.114. The van der Waals surface area contributed by atoms with Gasteiger partial charge in [0.25, 0.3) is 5.91 Å². The fourth-order valence-corrected chi connectivity index (χ4v) is 2.59. The predicted octanol–water partition coefficient (Wildman–Crippen LogP) is 3.97. The van der Waals surface area contributed by atoms with Crippen molar-refractivity contribution in [2.75, 3.05) is 13.2 Å². The van der Waals surface area contributed by atoms with E-state index in [-0.39, 0.29) is 5.57 Å². The van der Waals surface area contributed by atoms with Crippen LogP contribution in [0, 0.1) is 18.3 Å². The normalized spacial score (nSPS) is 11.1. The summed E-state index contributed by atoms with van der Waals surface area (Å²) in [7, 11) is 0. The Bertz CT molecular complexity index is 879. The van der Waals surface area contributed by atoms with Gasteiger partial charge in [0.1, 0.15) is 36.4 Å². The molecule has 2 aromatic rings. The molecule has 0 heterocycles. The summed E-state index contributed by atoms with van der Waals surface area (Å²) >= 11 is 0. The van der Waals surface area contributed by atoms with E-state index in [1.54, 1.807) is 24.3 Å². The number of hydrogen-bond donors (Lipinski definition) is 1. The minimum Gasteiger partial charge on any atom is -0.490 e. The Labute approximate surface area is 160 Å². The van der Waals surface area contributed by atoms with Crippen LogP contribution in [0.5, 0.6) is 11.5 Å². The van der Waals surface area contributed by atoms with Crippen LogP contribution in [0.1, 0.15) is 36.5 Å². The molecule has 0 saturated carbocycles. The van der Waals surface area contributed by atoms with Crippen LogP contribution in [0.4, 0.5) is 0 Å². The Morgan fingerprint density at radius 1 is 1.15 bits per heavy atom. The number of nitrogens with two attached hydrogens (primary N) is 1. The van der Waals surface area contributed by atoms with Gasteiger partial charge >= 0.3 is 0 Å². The van der Waals surface area contributed by atoms with E-state index >= 15 is 0 Å². The minimum absolute atomic E-state index is 0.122. The molecule has 2 rings (SSSR count). The highest BCUT2D eigenvalue weighted by Gasteiger charge is 2.09. The molecular weight excluding hydrogens is 340 g/mol. The van der Waals surface area contributed by atoms with Gasteiger partial charge in [-0.2, -0.15) is 5.26 Å². The van der Waals surface area contributed by atoms with Crippen molar-refractivity contribution in [3.05, 3.63) is 64.7 Å². The number of hydrogen-bond acceptors (Lipinski definition) is 4. The maximum absolute atomic E-state index is 11.2. The summed E-state index contributed by atoms with van der Waals surface area (Å²) < 4.78 is 11.7. The molecule has 0 aromatic heterocycles. The second kappa shape index (κ2) is 9.44. The smallest absolute Gasteiger partial charge is 0.259 e. The van der Waals surface area contributed by atoms with E-state index in [2.05, 4.69) is 26.0 Å². The maximum atomic E-state index is 11.2. The van der Waals surface area contributed by atoms with Gasteiger partial charge in [-0.3, -0.25) is 4.79 Å². The largest absolute Gasteiger partial charge is 0.490 e. The average molecular weight is 364 g/mol. The summed E-state index contributed by atoms with van der Waals surface area (Å²) in [4.78, 5) is 11.2. The van der Waals surface area contributed by atoms with E-state index in [1.807, 2.05) is 19.1 Å². The number of nitrogens with zero attached hydrogens (tertiary/aromatic N) is 1. The summed E-state index contributed by atoms with van der Waals surface area (Å²) in [6.07, 6.45) is 1.43. The van der Waals surface area contributed by atoms with Crippen molar-refractivity contribution in [1.82, 2.24) is 0 Å². The Hall–Kier alpha value is -3.26. The van der Waals surface area contributed by atoms with Gasteiger partial charge < -0.3 is 15.2 Å². The standard InChI is InChI=1S/C22H24N2O3/c1-15(2)19-9-8-16(3)12-21(19)27-11-10-26-20-7-5-4-6-17(20)13-18(14-23)22(24)25/h4-9,12-13,15H,10-11H2,1-3H3,(H2,24,25)/b18-13-. The lowest BCUT2D eigenvalue weighted by Gasteiger charge is -2.15. The Morgan fingerprint density at radius 2 is 1.81 bits per heavy atom. The first-order valence-electron chi connectivity index (χ1n) is 8.79. The van der Waals surface area contributed by atoms with E-state index in [1.165, 1.54) is 6.08 Å². The first-order valence-corrected chi connectivity index (χ1v) is 8.79. The molecule has 0 radical (unpaired) electrons. The molecule has 2 N–H and O–H groups in total. The van der Waals surface area contributed by atoms with E-state index in [0.29, 0.717) is 30.4 Å². The number of carbonyl (C=O) groups excluding carboxylic acids is 1. The van der Waals surface area contributed by atoms with Crippen LogP contribution in [0.3, 0.4) is 0 Å². The van der Waals surface area contributed by atoms with Crippen molar-refractivity contribution in [2.24, 2.45) is 5.73 Å². The number of benzene rings is 2. The average Bonchev–Trinajstić information content (AvgIpc) is 2.63. The summed E-state index contributed by atoms with van der Waals surface area (Å²) in [5.74, 6) is 1.02. The molecule has 27 heavy (non-hydrogen) atoms. The summed E-state index contributed by atoms with van der Waals surface area (Å²) in [6, 6.07) is 15.1. The quantitative estimate of drug-likeness (QED) is 0.436. The number of aryl methyl sites for hydroxylation is 1. The fourth-order valence-electron chi connectivity index (χ4n) is 2.59. The van der Waals surface area contributed by atoms with Crippen LogP contribution in [0.25, 0.3) is 6.08 Å². The molecule has 0 spiro atoms. The van der Waals surface area contributed by atoms with Crippen molar-refractivity contribution in [3.8, 4) is 17.6 Å². The molecule has 0 aliphatic heterocycles. The number of amides is 1. The SMILES string of the molecule is Cc1ccc(C(C)C)c(OCCOc2ccccc2/C=C(/C#N)C(N)=O)c1. The zero-order valence-corrected chi connectivity index (χ0v) is 15.9. The van der Waals surface area contributed by atoms with Crippen LogP contribution < -0.4 is 15.2 Å². The van der Waals surface area contributed by atoms with E-state index in [9.17, 15) is 4.79 Å². The highest BCUT2D eigenvalue weighted by Crippen LogP contribution is 2.27.